The van der Waals surface area contributed by atoms with Gasteiger partial charge in [0.15, 0.2) is 18.4 Å². The van der Waals surface area contributed by atoms with Crippen LogP contribution in [0.25, 0.3) is 0 Å². The molecule has 1 aliphatic heterocycles. The molecule has 1 saturated carbocycles. The number of ether oxygens (including phenoxy) is 1. The molecule has 2 fully saturated rings. The second-order valence-electron chi connectivity index (χ2n) is 5.94. The number of nitrogens with zero attached hydrogens (tertiary/aromatic N) is 1. The molecule has 21 heavy (non-hydrogen) atoms. The molecular formula is C16H24N3OS+. The van der Waals surface area contributed by atoms with Crippen LogP contribution in [0, 0.1) is 0 Å². The Morgan fingerprint density at radius 2 is 2.10 bits per heavy atom. The highest BCUT2D eigenvalue weighted by Gasteiger charge is 2.31. The van der Waals surface area contributed by atoms with E-state index in [9.17, 15) is 0 Å². The van der Waals surface area contributed by atoms with Crippen molar-refractivity contribution in [2.75, 3.05) is 25.3 Å². The van der Waals surface area contributed by atoms with E-state index in [1.54, 1.807) is 12.0 Å². The van der Waals surface area contributed by atoms with Crippen LogP contribution in [0.3, 0.4) is 0 Å². The molecular weight excluding hydrogens is 282 g/mol. The minimum Gasteiger partial charge on any atom is -0.497 e. The first-order valence-electron chi connectivity index (χ1n) is 7.82. The Kier molecular flexibility index (Phi) is 4.60. The third-order valence-electron chi connectivity index (χ3n) is 4.62. The van der Waals surface area contributed by atoms with Crippen LogP contribution < -0.4 is 19.9 Å². The predicted molar refractivity (Wildman–Crippen MR) is 88.8 cm³/mol. The summed E-state index contributed by atoms with van der Waals surface area (Å²) < 4.78 is 5.33. The molecule has 3 rings (SSSR count). The standard InChI is InChI=1S/C16H23N3OS/c1-20-15-9-5-8-14(10-15)19-12-18(11-17-16(19)21)13-6-3-2-4-7-13/h5,8-10,13H,2-4,6-7,11-12H2,1H3,(H,17,21)/p+1. The first-order chi connectivity index (χ1) is 10.3. The van der Waals surface area contributed by atoms with E-state index >= 15 is 0 Å². The zero-order valence-corrected chi connectivity index (χ0v) is 13.4. The topological polar surface area (TPSA) is 28.9 Å². The van der Waals surface area contributed by atoms with Crippen LogP contribution in [0.15, 0.2) is 24.3 Å². The van der Waals surface area contributed by atoms with Crippen LogP contribution in [-0.4, -0.2) is 31.6 Å². The molecule has 1 unspecified atom stereocenters. The summed E-state index contributed by atoms with van der Waals surface area (Å²) in [5.41, 5.74) is 1.11. The van der Waals surface area contributed by atoms with Crippen molar-refractivity contribution in [1.82, 2.24) is 5.32 Å². The zero-order valence-electron chi connectivity index (χ0n) is 12.6. The molecule has 4 nitrogen and oxygen atoms in total. The van der Waals surface area contributed by atoms with Gasteiger partial charge in [0.25, 0.3) is 0 Å². The third-order valence-corrected chi connectivity index (χ3v) is 4.99. The number of rotatable bonds is 3. The lowest BCUT2D eigenvalue weighted by atomic mass is 9.94. The molecule has 0 bridgehead atoms. The summed E-state index contributed by atoms with van der Waals surface area (Å²) in [4.78, 5) is 3.80. The van der Waals surface area contributed by atoms with Gasteiger partial charge in [0.05, 0.1) is 18.8 Å². The molecule has 0 aromatic heterocycles. The van der Waals surface area contributed by atoms with E-state index in [4.69, 9.17) is 17.0 Å². The maximum Gasteiger partial charge on any atom is 0.182 e. The van der Waals surface area contributed by atoms with Crippen molar-refractivity contribution < 1.29 is 9.64 Å². The van der Waals surface area contributed by atoms with Crippen LogP contribution >= 0.6 is 12.2 Å². The van der Waals surface area contributed by atoms with Gasteiger partial charge in [-0.05, 0) is 50.0 Å². The van der Waals surface area contributed by atoms with Crippen LogP contribution in [0.1, 0.15) is 32.1 Å². The van der Waals surface area contributed by atoms with Gasteiger partial charge in [-0.15, -0.1) is 0 Å². The fourth-order valence-electron chi connectivity index (χ4n) is 3.39. The van der Waals surface area contributed by atoms with E-state index in [2.05, 4.69) is 22.3 Å². The Morgan fingerprint density at radius 3 is 2.86 bits per heavy atom. The van der Waals surface area contributed by atoms with Crippen LogP contribution in [-0.2, 0) is 0 Å². The molecule has 2 aliphatic rings. The molecule has 0 amide bonds. The van der Waals surface area contributed by atoms with E-state index < -0.39 is 0 Å². The molecule has 0 radical (unpaired) electrons. The Bertz CT molecular complexity index is 502. The van der Waals surface area contributed by atoms with E-state index in [0.29, 0.717) is 0 Å². The number of hydrogen-bond acceptors (Lipinski definition) is 2. The van der Waals surface area contributed by atoms with Crippen molar-refractivity contribution in [1.29, 1.82) is 0 Å². The highest BCUT2D eigenvalue weighted by atomic mass is 32.1. The molecule has 114 valence electrons. The maximum absolute atomic E-state index is 5.50. The molecule has 1 aromatic carbocycles. The quantitative estimate of drug-likeness (QED) is 0.829. The normalized spacial score (nSPS) is 23.8. The van der Waals surface area contributed by atoms with Crippen LogP contribution in [0.2, 0.25) is 0 Å². The van der Waals surface area contributed by atoms with Gasteiger partial charge in [-0.3, -0.25) is 9.80 Å². The van der Waals surface area contributed by atoms with Crippen molar-refractivity contribution >= 4 is 23.0 Å². The summed E-state index contributed by atoms with van der Waals surface area (Å²) >= 11 is 5.50. The van der Waals surface area contributed by atoms with Gasteiger partial charge < -0.3 is 10.1 Å². The minimum absolute atomic E-state index is 0.766. The second kappa shape index (κ2) is 6.62. The largest absolute Gasteiger partial charge is 0.497 e. The fourth-order valence-corrected chi connectivity index (χ4v) is 3.63. The first kappa shape index (κ1) is 14.6. The van der Waals surface area contributed by atoms with Gasteiger partial charge in [-0.1, -0.05) is 12.5 Å². The summed E-state index contributed by atoms with van der Waals surface area (Å²) in [6.45, 7) is 1.90. The Balaban J connectivity index is 1.74. The average molecular weight is 306 g/mol. The molecule has 1 saturated heterocycles. The van der Waals surface area contributed by atoms with Gasteiger partial charge in [-0.25, -0.2) is 0 Å². The van der Waals surface area contributed by atoms with Crippen molar-refractivity contribution in [3.8, 4) is 5.75 Å². The lowest BCUT2D eigenvalue weighted by Crippen LogP contribution is -3.20. The molecule has 1 aromatic rings. The third kappa shape index (κ3) is 3.30. The predicted octanol–water partition coefficient (Wildman–Crippen LogP) is 1.52. The van der Waals surface area contributed by atoms with Crippen molar-refractivity contribution in [2.24, 2.45) is 0 Å². The van der Waals surface area contributed by atoms with E-state index in [0.717, 1.165) is 35.9 Å². The lowest BCUT2D eigenvalue weighted by Gasteiger charge is -2.40. The van der Waals surface area contributed by atoms with E-state index in [1.807, 2.05) is 12.1 Å². The Hall–Kier alpha value is -1.33. The zero-order chi connectivity index (χ0) is 14.7. The average Bonchev–Trinajstić information content (AvgIpc) is 2.56. The minimum atomic E-state index is 0.766. The summed E-state index contributed by atoms with van der Waals surface area (Å²) in [7, 11) is 1.70. The molecule has 1 heterocycles. The van der Waals surface area contributed by atoms with Gasteiger partial charge in [-0.2, -0.15) is 0 Å². The number of methoxy groups -OCH3 is 1. The number of benzene rings is 1. The number of anilines is 1. The second-order valence-corrected chi connectivity index (χ2v) is 6.33. The summed E-state index contributed by atoms with van der Waals surface area (Å²) in [5.74, 6) is 0.875. The SMILES string of the molecule is COc1cccc(N2C[NH+](C3CCCCC3)CNC2=S)c1. The van der Waals surface area contributed by atoms with E-state index in [1.165, 1.54) is 32.1 Å². The smallest absolute Gasteiger partial charge is 0.182 e. The number of quaternary nitrogens is 1. The van der Waals surface area contributed by atoms with Gasteiger partial charge in [0.2, 0.25) is 0 Å². The summed E-state index contributed by atoms with van der Waals surface area (Å²) in [5, 5.41) is 4.22. The molecule has 2 N–H and O–H groups in total. The summed E-state index contributed by atoms with van der Waals surface area (Å²) in [6.07, 6.45) is 6.83. The van der Waals surface area contributed by atoms with Crippen molar-refractivity contribution in [3.63, 3.8) is 0 Å². The van der Waals surface area contributed by atoms with E-state index in [-0.39, 0.29) is 0 Å². The van der Waals surface area contributed by atoms with Crippen molar-refractivity contribution in [2.45, 2.75) is 38.1 Å². The van der Waals surface area contributed by atoms with Gasteiger partial charge in [0, 0.05) is 6.07 Å². The van der Waals surface area contributed by atoms with Crippen molar-refractivity contribution in [3.05, 3.63) is 24.3 Å². The number of hydrogen-bond donors (Lipinski definition) is 2. The van der Waals surface area contributed by atoms with Gasteiger partial charge >= 0.3 is 0 Å². The Morgan fingerprint density at radius 1 is 1.29 bits per heavy atom. The highest BCUT2D eigenvalue weighted by Crippen LogP contribution is 2.21. The van der Waals surface area contributed by atoms with Crippen LogP contribution in [0.4, 0.5) is 5.69 Å². The highest BCUT2D eigenvalue weighted by molar-refractivity contribution is 7.80. The molecule has 5 heteroatoms. The summed E-state index contributed by atoms with van der Waals surface area (Å²) in [6, 6.07) is 8.90. The number of nitrogens with one attached hydrogen (secondary N) is 2. The Labute approximate surface area is 132 Å². The maximum atomic E-state index is 5.50. The monoisotopic (exact) mass is 306 g/mol. The first-order valence-corrected chi connectivity index (χ1v) is 8.23. The fraction of sp³-hybridized carbons (Fsp3) is 0.562. The molecule has 1 atom stereocenters. The van der Waals surface area contributed by atoms with Gasteiger partial charge in [0.1, 0.15) is 5.75 Å². The molecule has 1 aliphatic carbocycles. The lowest BCUT2D eigenvalue weighted by molar-refractivity contribution is -0.929. The number of thiocarbonyl (C=S) groups is 1. The molecule has 0 spiro atoms. The van der Waals surface area contributed by atoms with Crippen LogP contribution in [0.5, 0.6) is 5.75 Å².